The van der Waals surface area contributed by atoms with Crippen LogP contribution in [0.2, 0.25) is 0 Å². The van der Waals surface area contributed by atoms with Crippen LogP contribution in [-0.4, -0.2) is 20.8 Å². The first-order chi connectivity index (χ1) is 10.5. The lowest BCUT2D eigenvalue weighted by Gasteiger charge is -2.18. The number of anilines is 3. The molecule has 0 saturated heterocycles. The van der Waals surface area contributed by atoms with E-state index in [4.69, 9.17) is 5.73 Å². The number of amides is 1. The Bertz CT molecular complexity index is 858. The summed E-state index contributed by atoms with van der Waals surface area (Å²) in [4.78, 5) is 17.0. The Morgan fingerprint density at radius 3 is 2.59 bits per heavy atom. The molecule has 7 heteroatoms. The van der Waals surface area contributed by atoms with Crippen LogP contribution < -0.4 is 10.6 Å². The molecule has 0 atom stereocenters. The van der Waals surface area contributed by atoms with Gasteiger partial charge in [-0.25, -0.2) is 19.1 Å². The SMILES string of the molecule is Cn1c(N(C(=O)O)c2ccc(F)cc2)nc2cc(N)ccc21. The van der Waals surface area contributed by atoms with Gasteiger partial charge in [-0.2, -0.15) is 0 Å². The highest BCUT2D eigenvalue weighted by atomic mass is 19.1. The summed E-state index contributed by atoms with van der Waals surface area (Å²) >= 11 is 0. The zero-order chi connectivity index (χ0) is 15.9. The van der Waals surface area contributed by atoms with Gasteiger partial charge in [0.2, 0.25) is 5.95 Å². The first kappa shape index (κ1) is 13.9. The smallest absolute Gasteiger partial charge is 0.418 e. The second-order valence-corrected chi connectivity index (χ2v) is 4.81. The van der Waals surface area contributed by atoms with E-state index in [1.165, 1.54) is 24.3 Å². The van der Waals surface area contributed by atoms with E-state index >= 15 is 0 Å². The highest BCUT2D eigenvalue weighted by molar-refractivity contribution is 5.95. The summed E-state index contributed by atoms with van der Waals surface area (Å²) in [5, 5.41) is 9.51. The van der Waals surface area contributed by atoms with Gasteiger partial charge >= 0.3 is 6.09 Å². The summed E-state index contributed by atoms with van der Waals surface area (Å²) in [7, 11) is 1.71. The number of carboxylic acid groups (broad SMARTS) is 1. The number of nitrogens with zero attached hydrogens (tertiary/aromatic N) is 3. The summed E-state index contributed by atoms with van der Waals surface area (Å²) in [5.41, 5.74) is 7.91. The predicted molar refractivity (Wildman–Crippen MR) is 81.7 cm³/mol. The number of hydrogen-bond acceptors (Lipinski definition) is 3. The molecule has 3 rings (SSSR count). The van der Waals surface area contributed by atoms with Crippen LogP contribution in [-0.2, 0) is 7.05 Å². The summed E-state index contributed by atoms with van der Waals surface area (Å²) in [6, 6.07) is 10.3. The molecule has 112 valence electrons. The van der Waals surface area contributed by atoms with Gasteiger partial charge < -0.3 is 15.4 Å². The standard InChI is InChI=1S/C15H13FN4O2/c1-19-13-7-4-10(17)8-12(13)18-14(19)20(15(21)22)11-5-2-9(16)3-6-11/h2-8H,17H2,1H3,(H,21,22). The van der Waals surface area contributed by atoms with Gasteiger partial charge in [-0.05, 0) is 42.5 Å². The molecule has 0 unspecified atom stereocenters. The van der Waals surface area contributed by atoms with E-state index in [1.54, 1.807) is 29.8 Å². The van der Waals surface area contributed by atoms with Crippen LogP contribution in [0.1, 0.15) is 0 Å². The van der Waals surface area contributed by atoms with Crippen LogP contribution in [0.25, 0.3) is 11.0 Å². The largest absolute Gasteiger partial charge is 0.464 e. The van der Waals surface area contributed by atoms with E-state index in [9.17, 15) is 14.3 Å². The molecule has 0 aliphatic rings. The Balaban J connectivity index is 2.19. The molecule has 3 aromatic rings. The van der Waals surface area contributed by atoms with Gasteiger partial charge in [-0.15, -0.1) is 0 Å². The van der Waals surface area contributed by atoms with Crippen molar-refractivity contribution >= 4 is 34.4 Å². The van der Waals surface area contributed by atoms with Gasteiger partial charge in [0.05, 0.1) is 16.7 Å². The average Bonchev–Trinajstić information content (AvgIpc) is 2.77. The Kier molecular flexibility index (Phi) is 3.17. The highest BCUT2D eigenvalue weighted by Gasteiger charge is 2.23. The van der Waals surface area contributed by atoms with E-state index in [-0.39, 0.29) is 5.95 Å². The van der Waals surface area contributed by atoms with E-state index in [0.717, 1.165) is 10.4 Å². The van der Waals surface area contributed by atoms with Crippen LogP contribution >= 0.6 is 0 Å². The number of halogens is 1. The third kappa shape index (κ3) is 2.22. The fourth-order valence-corrected chi connectivity index (χ4v) is 2.31. The minimum Gasteiger partial charge on any atom is -0.464 e. The molecule has 0 radical (unpaired) electrons. The molecule has 2 aromatic carbocycles. The first-order valence-corrected chi connectivity index (χ1v) is 6.48. The Morgan fingerprint density at radius 1 is 1.27 bits per heavy atom. The average molecular weight is 300 g/mol. The fraction of sp³-hybridized carbons (Fsp3) is 0.0667. The zero-order valence-corrected chi connectivity index (χ0v) is 11.7. The Morgan fingerprint density at radius 2 is 1.95 bits per heavy atom. The lowest BCUT2D eigenvalue weighted by molar-refractivity contribution is 0.204. The molecule has 1 aromatic heterocycles. The molecule has 0 saturated carbocycles. The van der Waals surface area contributed by atoms with Crippen LogP contribution in [0, 0.1) is 5.82 Å². The topological polar surface area (TPSA) is 84.4 Å². The van der Waals surface area contributed by atoms with Crippen molar-refractivity contribution in [2.45, 2.75) is 0 Å². The Hall–Kier alpha value is -3.09. The van der Waals surface area contributed by atoms with Crippen molar-refractivity contribution in [3.8, 4) is 0 Å². The minimum absolute atomic E-state index is 0.208. The predicted octanol–water partition coefficient (Wildman–Crippen LogP) is 3.11. The number of aromatic nitrogens is 2. The lowest BCUT2D eigenvalue weighted by Crippen LogP contribution is -2.26. The zero-order valence-electron chi connectivity index (χ0n) is 11.7. The van der Waals surface area contributed by atoms with Crippen molar-refractivity contribution in [1.82, 2.24) is 9.55 Å². The summed E-state index contributed by atoms with van der Waals surface area (Å²) < 4.78 is 14.7. The van der Waals surface area contributed by atoms with Crippen molar-refractivity contribution in [2.75, 3.05) is 10.6 Å². The first-order valence-electron chi connectivity index (χ1n) is 6.48. The second-order valence-electron chi connectivity index (χ2n) is 4.81. The maximum absolute atomic E-state index is 13.0. The Labute approximate surface area is 125 Å². The van der Waals surface area contributed by atoms with E-state index in [0.29, 0.717) is 16.9 Å². The van der Waals surface area contributed by atoms with Crippen molar-refractivity contribution in [3.05, 3.63) is 48.3 Å². The van der Waals surface area contributed by atoms with E-state index < -0.39 is 11.9 Å². The van der Waals surface area contributed by atoms with Crippen molar-refractivity contribution < 1.29 is 14.3 Å². The van der Waals surface area contributed by atoms with E-state index in [1.807, 2.05) is 0 Å². The van der Waals surface area contributed by atoms with Crippen LogP contribution in [0.3, 0.4) is 0 Å². The molecule has 0 aliphatic heterocycles. The van der Waals surface area contributed by atoms with Crippen molar-refractivity contribution in [3.63, 3.8) is 0 Å². The number of rotatable bonds is 2. The third-order valence-electron chi connectivity index (χ3n) is 3.36. The van der Waals surface area contributed by atoms with Gasteiger partial charge in [-0.3, -0.25) is 0 Å². The van der Waals surface area contributed by atoms with Crippen LogP contribution in [0.15, 0.2) is 42.5 Å². The van der Waals surface area contributed by atoms with Gasteiger partial charge in [-0.1, -0.05) is 0 Å². The fourth-order valence-electron chi connectivity index (χ4n) is 2.31. The number of benzene rings is 2. The van der Waals surface area contributed by atoms with Crippen molar-refractivity contribution in [1.29, 1.82) is 0 Å². The molecule has 22 heavy (non-hydrogen) atoms. The number of aryl methyl sites for hydroxylation is 1. The maximum atomic E-state index is 13.0. The molecule has 0 spiro atoms. The van der Waals surface area contributed by atoms with E-state index in [2.05, 4.69) is 4.98 Å². The molecule has 3 N–H and O–H groups in total. The summed E-state index contributed by atoms with van der Waals surface area (Å²) in [6.45, 7) is 0. The second kappa shape index (κ2) is 5.03. The molecule has 0 fully saturated rings. The number of fused-ring (bicyclic) bond motifs is 1. The molecule has 6 nitrogen and oxygen atoms in total. The monoisotopic (exact) mass is 300 g/mol. The molecular formula is C15H13FN4O2. The quantitative estimate of drug-likeness (QED) is 0.712. The number of hydrogen-bond donors (Lipinski definition) is 2. The van der Waals surface area contributed by atoms with Crippen LogP contribution in [0.4, 0.5) is 26.5 Å². The molecule has 0 bridgehead atoms. The summed E-state index contributed by atoms with van der Waals surface area (Å²) in [5.74, 6) is -0.230. The normalized spacial score (nSPS) is 10.8. The number of carbonyl (C=O) groups is 1. The molecule has 1 amide bonds. The highest BCUT2D eigenvalue weighted by Crippen LogP contribution is 2.28. The van der Waals surface area contributed by atoms with Gasteiger partial charge in [0.15, 0.2) is 0 Å². The van der Waals surface area contributed by atoms with Gasteiger partial charge in [0.25, 0.3) is 0 Å². The van der Waals surface area contributed by atoms with Gasteiger partial charge in [0.1, 0.15) is 5.82 Å². The molecule has 1 heterocycles. The maximum Gasteiger partial charge on any atom is 0.418 e. The number of imidazole rings is 1. The molecule has 0 aliphatic carbocycles. The van der Waals surface area contributed by atoms with Crippen molar-refractivity contribution in [2.24, 2.45) is 7.05 Å². The number of nitrogen functional groups attached to an aromatic ring is 1. The minimum atomic E-state index is -1.21. The third-order valence-corrected chi connectivity index (χ3v) is 3.36. The summed E-state index contributed by atoms with van der Waals surface area (Å²) in [6.07, 6.45) is -1.21. The number of nitrogens with two attached hydrogens (primary N) is 1. The lowest BCUT2D eigenvalue weighted by atomic mass is 10.3. The molecular weight excluding hydrogens is 287 g/mol. The van der Waals surface area contributed by atoms with Gasteiger partial charge in [0, 0.05) is 12.7 Å². The van der Waals surface area contributed by atoms with Crippen LogP contribution in [0.5, 0.6) is 0 Å².